The number of anilines is 1. The van der Waals surface area contributed by atoms with E-state index in [9.17, 15) is 5.26 Å². The highest BCUT2D eigenvalue weighted by atomic mass is 16.5. The molecule has 2 fully saturated rings. The van der Waals surface area contributed by atoms with E-state index >= 15 is 0 Å². The Morgan fingerprint density at radius 3 is 2.59 bits per heavy atom. The zero-order valence-corrected chi connectivity index (χ0v) is 24.7. The summed E-state index contributed by atoms with van der Waals surface area (Å²) < 4.78 is 14.7. The molecular formula is C32H34N10O2. The van der Waals surface area contributed by atoms with Gasteiger partial charge in [0.25, 0.3) is 0 Å². The van der Waals surface area contributed by atoms with Crippen LogP contribution >= 0.6 is 0 Å². The van der Waals surface area contributed by atoms with E-state index in [1.165, 1.54) is 12.0 Å². The van der Waals surface area contributed by atoms with Gasteiger partial charge in [0.2, 0.25) is 5.88 Å². The second-order valence-corrected chi connectivity index (χ2v) is 11.3. The van der Waals surface area contributed by atoms with E-state index < -0.39 is 0 Å². The van der Waals surface area contributed by atoms with Gasteiger partial charge in [0.1, 0.15) is 23.0 Å². The summed E-state index contributed by atoms with van der Waals surface area (Å²) >= 11 is 0. The first-order valence-corrected chi connectivity index (χ1v) is 15.0. The van der Waals surface area contributed by atoms with Crippen LogP contribution in [-0.4, -0.2) is 85.2 Å². The number of ether oxygens (including phenoxy) is 2. The molecule has 5 aromatic rings. The Morgan fingerprint density at radius 1 is 0.955 bits per heavy atom. The van der Waals surface area contributed by atoms with E-state index in [0.29, 0.717) is 29.2 Å². The molecule has 224 valence electrons. The van der Waals surface area contributed by atoms with Crippen molar-refractivity contribution in [2.75, 3.05) is 44.8 Å². The van der Waals surface area contributed by atoms with Gasteiger partial charge in [-0.3, -0.25) is 9.58 Å². The molecule has 2 aliphatic rings. The van der Waals surface area contributed by atoms with Crippen molar-refractivity contribution in [1.29, 1.82) is 5.26 Å². The number of pyridine rings is 2. The van der Waals surface area contributed by atoms with Crippen molar-refractivity contribution in [2.45, 2.75) is 38.5 Å². The summed E-state index contributed by atoms with van der Waals surface area (Å²) in [5.41, 5.74) is 5.40. The maximum absolute atomic E-state index is 9.80. The highest BCUT2D eigenvalue weighted by molar-refractivity contribution is 5.83. The molecule has 44 heavy (non-hydrogen) atoms. The average molecular weight is 591 g/mol. The Bertz CT molecular complexity index is 1760. The van der Waals surface area contributed by atoms with Crippen LogP contribution in [0.15, 0.2) is 61.4 Å². The van der Waals surface area contributed by atoms with Gasteiger partial charge in [-0.05, 0) is 37.0 Å². The Labute approximate surface area is 255 Å². The molecule has 12 nitrogen and oxygen atoms in total. The topological polar surface area (TPSA) is 123 Å². The SMILES string of the molecule is COc1ccc(CN2CCN(c3ccc(-c4nc(-c5cnn(CC6CCCCO6)c5)cn5ncc(C#N)c45)cn3)CC2)cn1. The fourth-order valence-corrected chi connectivity index (χ4v) is 5.92. The van der Waals surface area contributed by atoms with Crippen LogP contribution in [0.4, 0.5) is 5.82 Å². The Kier molecular flexibility index (Phi) is 7.87. The zero-order chi connectivity index (χ0) is 29.9. The molecular weight excluding hydrogens is 556 g/mol. The van der Waals surface area contributed by atoms with Crippen LogP contribution in [-0.2, 0) is 17.8 Å². The van der Waals surface area contributed by atoms with Crippen molar-refractivity contribution in [2.24, 2.45) is 0 Å². The van der Waals surface area contributed by atoms with Crippen LogP contribution in [0.5, 0.6) is 5.88 Å². The van der Waals surface area contributed by atoms with Crippen LogP contribution in [0.2, 0.25) is 0 Å². The molecule has 1 unspecified atom stereocenters. The van der Waals surface area contributed by atoms with E-state index in [1.807, 2.05) is 53.9 Å². The lowest BCUT2D eigenvalue weighted by atomic mass is 10.1. The van der Waals surface area contributed by atoms with Crippen LogP contribution in [0.25, 0.3) is 28.0 Å². The van der Waals surface area contributed by atoms with Gasteiger partial charge in [-0.25, -0.2) is 19.5 Å². The van der Waals surface area contributed by atoms with Gasteiger partial charge in [-0.15, -0.1) is 0 Å². The summed E-state index contributed by atoms with van der Waals surface area (Å²) in [5, 5.41) is 18.8. The average Bonchev–Trinajstić information content (AvgIpc) is 3.73. The Hall–Kier alpha value is -4.86. The standard InChI is InChI=1S/C32H34N10O2/c1-43-30-8-5-23(15-35-30)19-39-9-11-40(12-10-39)29-7-6-24(16-34-29)31-32-25(14-33)17-37-42(32)22-28(38-31)26-18-36-41(20-26)21-27-4-2-3-13-44-27/h5-8,15-18,20,22,27H,2-4,9-13,19,21H2,1H3. The summed E-state index contributed by atoms with van der Waals surface area (Å²) in [6.45, 7) is 6.01. The molecule has 0 amide bonds. The number of methoxy groups -OCH3 is 1. The van der Waals surface area contributed by atoms with Crippen LogP contribution in [0, 0.1) is 11.3 Å². The first-order chi connectivity index (χ1) is 21.7. The largest absolute Gasteiger partial charge is 0.481 e. The van der Waals surface area contributed by atoms with E-state index in [0.717, 1.165) is 74.8 Å². The maximum Gasteiger partial charge on any atom is 0.212 e. The Balaban J connectivity index is 1.08. The summed E-state index contributed by atoms with van der Waals surface area (Å²) in [4.78, 5) is 18.9. The third-order valence-corrected chi connectivity index (χ3v) is 8.34. The van der Waals surface area contributed by atoms with E-state index in [4.69, 9.17) is 19.4 Å². The third kappa shape index (κ3) is 5.84. The van der Waals surface area contributed by atoms with Crippen molar-refractivity contribution in [3.63, 3.8) is 0 Å². The second kappa shape index (κ2) is 12.4. The lowest BCUT2D eigenvalue weighted by molar-refractivity contribution is 0.00400. The van der Waals surface area contributed by atoms with Crippen molar-refractivity contribution in [1.82, 2.24) is 39.2 Å². The smallest absolute Gasteiger partial charge is 0.212 e. The maximum atomic E-state index is 9.80. The second-order valence-electron chi connectivity index (χ2n) is 11.3. The molecule has 12 heteroatoms. The molecule has 0 aromatic carbocycles. The number of nitrogens with zero attached hydrogens (tertiary/aromatic N) is 10. The highest BCUT2D eigenvalue weighted by Crippen LogP contribution is 2.30. The lowest BCUT2D eigenvalue weighted by Gasteiger charge is -2.35. The van der Waals surface area contributed by atoms with Gasteiger partial charge in [0.15, 0.2) is 0 Å². The minimum atomic E-state index is 0.185. The van der Waals surface area contributed by atoms with Crippen LogP contribution in [0.3, 0.4) is 0 Å². The molecule has 0 N–H and O–H groups in total. The number of fused-ring (bicyclic) bond motifs is 1. The molecule has 0 spiro atoms. The van der Waals surface area contributed by atoms with E-state index in [1.54, 1.807) is 17.8 Å². The van der Waals surface area contributed by atoms with Crippen molar-refractivity contribution in [3.05, 3.63) is 72.6 Å². The molecule has 7 rings (SSSR count). The summed E-state index contributed by atoms with van der Waals surface area (Å²) in [6, 6.07) is 10.3. The molecule has 7 heterocycles. The molecule has 2 saturated heterocycles. The molecule has 0 bridgehead atoms. The molecule has 0 aliphatic carbocycles. The number of rotatable bonds is 8. The molecule has 5 aromatic heterocycles. The van der Waals surface area contributed by atoms with Gasteiger partial charge in [-0.2, -0.15) is 15.5 Å². The van der Waals surface area contributed by atoms with Crippen LogP contribution in [0.1, 0.15) is 30.4 Å². The van der Waals surface area contributed by atoms with Gasteiger partial charge >= 0.3 is 0 Å². The number of aromatic nitrogens is 7. The molecule has 0 saturated carbocycles. The molecule has 2 aliphatic heterocycles. The minimum Gasteiger partial charge on any atom is -0.481 e. The van der Waals surface area contributed by atoms with Gasteiger partial charge in [-0.1, -0.05) is 6.07 Å². The van der Waals surface area contributed by atoms with Crippen molar-refractivity contribution >= 4 is 11.3 Å². The van der Waals surface area contributed by atoms with E-state index in [2.05, 4.69) is 37.1 Å². The summed E-state index contributed by atoms with van der Waals surface area (Å²) in [7, 11) is 1.63. The summed E-state index contributed by atoms with van der Waals surface area (Å²) in [5.74, 6) is 1.55. The molecule has 1 atom stereocenters. The zero-order valence-electron chi connectivity index (χ0n) is 24.7. The third-order valence-electron chi connectivity index (χ3n) is 8.34. The van der Waals surface area contributed by atoms with Gasteiger partial charge in [0.05, 0.1) is 49.7 Å². The number of piperazine rings is 1. The monoisotopic (exact) mass is 590 g/mol. The minimum absolute atomic E-state index is 0.185. The van der Waals surface area contributed by atoms with Gasteiger partial charge in [0, 0.05) is 75.1 Å². The van der Waals surface area contributed by atoms with Crippen LogP contribution < -0.4 is 9.64 Å². The summed E-state index contributed by atoms with van der Waals surface area (Å²) in [6.07, 6.45) is 14.5. The van der Waals surface area contributed by atoms with E-state index in [-0.39, 0.29) is 6.10 Å². The number of nitriles is 1. The predicted molar refractivity (Wildman–Crippen MR) is 164 cm³/mol. The fourth-order valence-electron chi connectivity index (χ4n) is 5.92. The number of hydrogen-bond acceptors (Lipinski definition) is 10. The normalized spacial score (nSPS) is 17.5. The van der Waals surface area contributed by atoms with Gasteiger partial charge < -0.3 is 14.4 Å². The lowest BCUT2D eigenvalue weighted by Crippen LogP contribution is -2.46. The quantitative estimate of drug-likeness (QED) is 0.264. The first-order valence-electron chi connectivity index (χ1n) is 15.0. The fraction of sp³-hybridized carbons (Fsp3) is 0.375. The Morgan fingerprint density at radius 2 is 1.86 bits per heavy atom. The first kappa shape index (κ1) is 27.9. The highest BCUT2D eigenvalue weighted by Gasteiger charge is 2.21. The van der Waals surface area contributed by atoms with Crippen molar-refractivity contribution < 1.29 is 9.47 Å². The van der Waals surface area contributed by atoms with Crippen molar-refractivity contribution in [3.8, 4) is 34.5 Å². The number of hydrogen-bond donors (Lipinski definition) is 0. The predicted octanol–water partition coefficient (Wildman–Crippen LogP) is 3.82. The molecule has 0 radical (unpaired) electrons.